The molecule has 3 aromatic carbocycles. The molecule has 1 aliphatic carbocycles. The molecule has 1 saturated heterocycles. The topological polar surface area (TPSA) is 66.4 Å². The lowest BCUT2D eigenvalue weighted by Crippen LogP contribution is -2.57. The van der Waals surface area contributed by atoms with E-state index < -0.39 is 5.41 Å². The zero-order chi connectivity index (χ0) is 24.9. The van der Waals surface area contributed by atoms with E-state index in [2.05, 4.69) is 35.8 Å². The highest BCUT2D eigenvalue weighted by atomic mass is 32.1. The SMILES string of the molecule is CCCN=C1NC2c3ccccc3C1CC2(C)C(=O)Nc1nc(-c2ccc(F)c3ccccc23)cs1. The zero-order valence-corrected chi connectivity index (χ0v) is 21.0. The third-order valence-electron chi connectivity index (χ3n) is 7.47. The van der Waals surface area contributed by atoms with Gasteiger partial charge in [0.05, 0.1) is 17.2 Å². The van der Waals surface area contributed by atoms with E-state index >= 15 is 0 Å². The van der Waals surface area contributed by atoms with Crippen molar-refractivity contribution in [1.82, 2.24) is 10.3 Å². The molecule has 2 bridgehead atoms. The number of hydrogen-bond acceptors (Lipinski definition) is 4. The summed E-state index contributed by atoms with van der Waals surface area (Å²) in [6, 6.07) is 18.8. The number of nitrogens with one attached hydrogen (secondary N) is 2. The van der Waals surface area contributed by atoms with Gasteiger partial charge in [-0.3, -0.25) is 9.79 Å². The number of hydrogen-bond donors (Lipinski definition) is 2. The number of aliphatic imine (C=N–C) groups is 1. The van der Waals surface area contributed by atoms with E-state index in [1.54, 1.807) is 12.1 Å². The molecule has 4 aromatic rings. The van der Waals surface area contributed by atoms with Crippen LogP contribution >= 0.6 is 11.3 Å². The van der Waals surface area contributed by atoms with Crippen LogP contribution in [0.2, 0.25) is 0 Å². The highest BCUT2D eigenvalue weighted by Gasteiger charge is 2.54. The molecule has 182 valence electrons. The molecular formula is C29H27FN4OS. The van der Waals surface area contributed by atoms with Crippen molar-refractivity contribution in [3.05, 3.63) is 83.0 Å². The number of amidine groups is 1. The summed E-state index contributed by atoms with van der Waals surface area (Å²) in [5.74, 6) is 0.753. The maximum absolute atomic E-state index is 14.3. The van der Waals surface area contributed by atoms with Gasteiger partial charge in [-0.05, 0) is 48.4 Å². The summed E-state index contributed by atoms with van der Waals surface area (Å²) in [5, 5.41) is 10.5. The number of rotatable bonds is 5. The minimum Gasteiger partial charge on any atom is -0.365 e. The number of fused-ring (bicyclic) bond motifs is 3. The number of benzene rings is 3. The van der Waals surface area contributed by atoms with Crippen LogP contribution in [0.15, 0.2) is 71.0 Å². The largest absolute Gasteiger partial charge is 0.365 e. The number of piperidine rings is 1. The van der Waals surface area contributed by atoms with Crippen LogP contribution in [0.1, 0.15) is 49.8 Å². The molecular weight excluding hydrogens is 471 g/mol. The highest BCUT2D eigenvalue weighted by molar-refractivity contribution is 7.14. The van der Waals surface area contributed by atoms with Crippen molar-refractivity contribution in [2.24, 2.45) is 10.4 Å². The summed E-state index contributed by atoms with van der Waals surface area (Å²) in [5.41, 5.74) is 3.34. The Kier molecular flexibility index (Phi) is 5.60. The summed E-state index contributed by atoms with van der Waals surface area (Å²) in [6.45, 7) is 4.92. The summed E-state index contributed by atoms with van der Waals surface area (Å²) in [7, 11) is 0. The first kappa shape index (κ1) is 22.9. The summed E-state index contributed by atoms with van der Waals surface area (Å²) >= 11 is 1.38. The number of thiazole rings is 1. The number of halogens is 1. The molecule has 3 unspecified atom stereocenters. The van der Waals surface area contributed by atoms with E-state index in [0.717, 1.165) is 35.4 Å². The summed E-state index contributed by atoms with van der Waals surface area (Å²) < 4.78 is 14.3. The first-order chi connectivity index (χ1) is 17.5. The fraction of sp³-hybridized carbons (Fsp3) is 0.276. The van der Waals surface area contributed by atoms with Crippen molar-refractivity contribution in [1.29, 1.82) is 0 Å². The Morgan fingerprint density at radius 3 is 2.69 bits per heavy atom. The molecule has 3 heterocycles. The lowest BCUT2D eigenvalue weighted by Gasteiger charge is -2.50. The van der Waals surface area contributed by atoms with Gasteiger partial charge in [-0.15, -0.1) is 11.3 Å². The van der Waals surface area contributed by atoms with Crippen LogP contribution in [-0.2, 0) is 4.79 Å². The molecule has 1 fully saturated rings. The maximum Gasteiger partial charge on any atom is 0.234 e. The maximum atomic E-state index is 14.3. The molecule has 0 saturated carbocycles. The number of carbonyl (C=O) groups is 1. The van der Waals surface area contributed by atoms with Gasteiger partial charge in [0.1, 0.15) is 11.7 Å². The minimum absolute atomic E-state index is 0.0566. The zero-order valence-electron chi connectivity index (χ0n) is 20.2. The Morgan fingerprint density at radius 1 is 1.14 bits per heavy atom. The van der Waals surface area contributed by atoms with E-state index in [-0.39, 0.29) is 23.7 Å². The molecule has 1 amide bonds. The molecule has 1 aromatic heterocycles. The monoisotopic (exact) mass is 498 g/mol. The molecule has 2 aliphatic heterocycles. The van der Waals surface area contributed by atoms with E-state index in [0.29, 0.717) is 16.9 Å². The van der Waals surface area contributed by atoms with E-state index in [1.807, 2.05) is 36.6 Å². The predicted molar refractivity (Wildman–Crippen MR) is 144 cm³/mol. The van der Waals surface area contributed by atoms with E-state index in [1.165, 1.54) is 28.5 Å². The van der Waals surface area contributed by atoms with Crippen LogP contribution in [0.25, 0.3) is 22.0 Å². The molecule has 7 rings (SSSR count). The van der Waals surface area contributed by atoms with Crippen LogP contribution in [0.5, 0.6) is 0 Å². The Bertz CT molecular complexity index is 1510. The van der Waals surface area contributed by atoms with Gasteiger partial charge >= 0.3 is 0 Å². The molecule has 5 nitrogen and oxygen atoms in total. The van der Waals surface area contributed by atoms with Gasteiger partial charge in [0.2, 0.25) is 5.91 Å². The van der Waals surface area contributed by atoms with E-state index in [4.69, 9.17) is 9.98 Å². The lowest BCUT2D eigenvalue weighted by molar-refractivity contribution is -0.127. The van der Waals surface area contributed by atoms with Crippen LogP contribution in [0, 0.1) is 11.2 Å². The molecule has 0 radical (unpaired) electrons. The number of anilines is 1. The van der Waals surface area contributed by atoms with Crippen LogP contribution < -0.4 is 10.6 Å². The fourth-order valence-electron chi connectivity index (χ4n) is 5.61. The number of nitrogens with zero attached hydrogens (tertiary/aromatic N) is 2. The van der Waals surface area contributed by atoms with Crippen LogP contribution in [0.4, 0.5) is 9.52 Å². The molecule has 36 heavy (non-hydrogen) atoms. The van der Waals surface area contributed by atoms with Gasteiger partial charge in [0.15, 0.2) is 5.13 Å². The average Bonchev–Trinajstić information content (AvgIpc) is 3.36. The first-order valence-corrected chi connectivity index (χ1v) is 13.2. The molecule has 0 spiro atoms. The summed E-state index contributed by atoms with van der Waals surface area (Å²) in [4.78, 5) is 23.2. The second-order valence-corrected chi connectivity index (χ2v) is 10.6. The lowest BCUT2D eigenvalue weighted by atomic mass is 9.61. The average molecular weight is 499 g/mol. The predicted octanol–water partition coefficient (Wildman–Crippen LogP) is 6.69. The Hall–Kier alpha value is -3.58. The van der Waals surface area contributed by atoms with Crippen molar-refractivity contribution in [2.45, 2.75) is 38.6 Å². The van der Waals surface area contributed by atoms with Gasteiger partial charge in [-0.1, -0.05) is 55.5 Å². The molecule has 2 N–H and O–H groups in total. The third-order valence-corrected chi connectivity index (χ3v) is 8.22. The van der Waals surface area contributed by atoms with Gasteiger partial charge in [0.25, 0.3) is 0 Å². The van der Waals surface area contributed by atoms with Gasteiger partial charge in [-0.25, -0.2) is 9.37 Å². The van der Waals surface area contributed by atoms with Crippen molar-refractivity contribution >= 4 is 39.0 Å². The second-order valence-electron chi connectivity index (χ2n) is 9.78. The number of carbonyl (C=O) groups excluding carboxylic acids is 1. The quantitative estimate of drug-likeness (QED) is 0.322. The number of aromatic nitrogens is 1. The van der Waals surface area contributed by atoms with Crippen LogP contribution in [0.3, 0.4) is 0 Å². The van der Waals surface area contributed by atoms with Crippen molar-refractivity contribution in [3.8, 4) is 11.3 Å². The minimum atomic E-state index is -0.654. The third kappa shape index (κ3) is 3.61. The van der Waals surface area contributed by atoms with Crippen molar-refractivity contribution in [3.63, 3.8) is 0 Å². The first-order valence-electron chi connectivity index (χ1n) is 12.3. The van der Waals surface area contributed by atoms with E-state index in [9.17, 15) is 9.18 Å². The normalized spacial score (nSPS) is 23.5. The smallest absolute Gasteiger partial charge is 0.234 e. The Balaban J connectivity index is 1.29. The standard InChI is InChI=1S/C29H27FN4OS/c1-3-14-31-26-22-15-29(2,25(33-26)21-11-7-5-9-18(21)22)27(35)34-28-32-24(16-36-28)20-12-13-23(30)19-10-6-4-8-17(19)20/h4-13,16,22,25H,3,14-15H2,1-2H3,(H,31,33)(H,32,34,35). The highest BCUT2D eigenvalue weighted by Crippen LogP contribution is 2.53. The number of amides is 1. The molecule has 3 atom stereocenters. The Morgan fingerprint density at radius 2 is 1.89 bits per heavy atom. The van der Waals surface area contributed by atoms with Gasteiger partial charge in [0, 0.05) is 28.8 Å². The Labute approximate surface area is 213 Å². The van der Waals surface area contributed by atoms with Crippen molar-refractivity contribution < 1.29 is 9.18 Å². The fourth-order valence-corrected chi connectivity index (χ4v) is 6.31. The molecule has 7 heteroatoms. The van der Waals surface area contributed by atoms with Gasteiger partial charge in [-0.2, -0.15) is 0 Å². The molecule has 3 aliphatic rings. The summed E-state index contributed by atoms with van der Waals surface area (Å²) in [6.07, 6.45) is 1.68. The van der Waals surface area contributed by atoms with Crippen molar-refractivity contribution in [2.75, 3.05) is 11.9 Å². The van der Waals surface area contributed by atoms with Gasteiger partial charge < -0.3 is 10.6 Å². The second kappa shape index (κ2) is 8.82. The van der Waals surface area contributed by atoms with Crippen LogP contribution in [-0.4, -0.2) is 23.3 Å².